The van der Waals surface area contributed by atoms with E-state index in [1.807, 2.05) is 32.2 Å². The average Bonchev–Trinajstić information content (AvgIpc) is 2.09. The van der Waals surface area contributed by atoms with Crippen LogP contribution in [0.5, 0.6) is 0 Å². The summed E-state index contributed by atoms with van der Waals surface area (Å²) in [6.45, 7) is 8.06. The summed E-state index contributed by atoms with van der Waals surface area (Å²) >= 11 is 5.90. The van der Waals surface area contributed by atoms with Gasteiger partial charge in [0.2, 0.25) is 0 Å². The largest absolute Gasteiger partial charge is 0.310 e. The lowest BCUT2D eigenvalue weighted by atomic mass is 9.97. The average molecular weight is 210 g/mol. The molecule has 1 atom stereocenters. The lowest BCUT2D eigenvalue weighted by Crippen LogP contribution is -2.17. The van der Waals surface area contributed by atoms with Crippen molar-refractivity contribution in [3.05, 3.63) is 46.5 Å². The first-order chi connectivity index (χ1) is 6.56. The zero-order chi connectivity index (χ0) is 10.7. The molecule has 1 unspecified atom stereocenters. The predicted octanol–water partition coefficient (Wildman–Crippen LogP) is 3.49. The van der Waals surface area contributed by atoms with Gasteiger partial charge in [-0.15, -0.1) is 0 Å². The number of hydrogen-bond donors (Lipinski definition) is 1. The lowest BCUT2D eigenvalue weighted by molar-refractivity contribution is 0.676. The number of nitrogens with one attached hydrogen (secondary N) is 1. The summed E-state index contributed by atoms with van der Waals surface area (Å²) < 4.78 is 0. The molecule has 0 bridgehead atoms. The Kier molecular flexibility index (Phi) is 3.73. The maximum absolute atomic E-state index is 5.90. The molecule has 0 aliphatic rings. The third-order valence-electron chi connectivity index (χ3n) is 2.32. The van der Waals surface area contributed by atoms with Crippen LogP contribution in [0.2, 0.25) is 5.02 Å². The maximum Gasteiger partial charge on any atom is 0.0530 e. The van der Waals surface area contributed by atoms with Crippen LogP contribution in [0.1, 0.15) is 24.1 Å². The fourth-order valence-corrected chi connectivity index (χ4v) is 1.86. The Bertz CT molecular complexity index is 344. The Balaban J connectivity index is 3.10. The van der Waals surface area contributed by atoms with E-state index >= 15 is 0 Å². The van der Waals surface area contributed by atoms with Gasteiger partial charge in [-0.1, -0.05) is 29.8 Å². The first-order valence-electron chi connectivity index (χ1n) is 4.65. The van der Waals surface area contributed by atoms with Crippen molar-refractivity contribution < 1.29 is 0 Å². The van der Waals surface area contributed by atoms with Gasteiger partial charge in [0.15, 0.2) is 0 Å². The summed E-state index contributed by atoms with van der Waals surface area (Å²) in [5.74, 6) is 0. The molecule has 1 N–H and O–H groups in total. The quantitative estimate of drug-likeness (QED) is 0.752. The third-order valence-corrected chi connectivity index (χ3v) is 2.56. The SMILES string of the molecule is C=C(C)C(NC)c1ccc(Cl)cc1C. The van der Waals surface area contributed by atoms with Gasteiger partial charge < -0.3 is 5.32 Å². The highest BCUT2D eigenvalue weighted by atomic mass is 35.5. The van der Waals surface area contributed by atoms with E-state index in [1.165, 1.54) is 11.1 Å². The molecule has 0 aromatic heterocycles. The van der Waals surface area contributed by atoms with Crippen LogP contribution < -0.4 is 5.32 Å². The molecule has 0 saturated carbocycles. The number of benzene rings is 1. The molecule has 1 aromatic rings. The van der Waals surface area contributed by atoms with Gasteiger partial charge in [0.25, 0.3) is 0 Å². The second-order valence-electron chi connectivity index (χ2n) is 3.57. The van der Waals surface area contributed by atoms with Crippen LogP contribution in [0.25, 0.3) is 0 Å². The van der Waals surface area contributed by atoms with Crippen LogP contribution in [0.15, 0.2) is 30.4 Å². The minimum atomic E-state index is 0.215. The van der Waals surface area contributed by atoms with Gasteiger partial charge in [-0.25, -0.2) is 0 Å². The molecule has 0 spiro atoms. The monoisotopic (exact) mass is 209 g/mol. The van der Waals surface area contributed by atoms with E-state index in [0.717, 1.165) is 10.6 Å². The third kappa shape index (κ3) is 2.37. The number of aryl methyl sites for hydroxylation is 1. The van der Waals surface area contributed by atoms with Gasteiger partial charge in [-0.05, 0) is 44.2 Å². The van der Waals surface area contributed by atoms with Crippen molar-refractivity contribution in [2.45, 2.75) is 19.9 Å². The topological polar surface area (TPSA) is 12.0 Å². The van der Waals surface area contributed by atoms with Gasteiger partial charge in [0.05, 0.1) is 6.04 Å². The van der Waals surface area contributed by atoms with E-state index in [1.54, 1.807) is 0 Å². The number of rotatable bonds is 3. The zero-order valence-electron chi connectivity index (χ0n) is 8.89. The molecule has 0 saturated heterocycles. The highest BCUT2D eigenvalue weighted by molar-refractivity contribution is 6.30. The van der Waals surface area contributed by atoms with Crippen molar-refractivity contribution in [2.24, 2.45) is 0 Å². The van der Waals surface area contributed by atoms with E-state index in [0.29, 0.717) is 0 Å². The number of hydrogen-bond acceptors (Lipinski definition) is 1. The molecular weight excluding hydrogens is 194 g/mol. The first kappa shape index (κ1) is 11.3. The minimum absolute atomic E-state index is 0.215. The van der Waals surface area contributed by atoms with Crippen molar-refractivity contribution in [1.82, 2.24) is 5.32 Å². The molecule has 0 aliphatic carbocycles. The van der Waals surface area contributed by atoms with E-state index in [9.17, 15) is 0 Å². The van der Waals surface area contributed by atoms with E-state index in [2.05, 4.69) is 18.8 Å². The Hall–Kier alpha value is -0.790. The fraction of sp³-hybridized carbons (Fsp3) is 0.333. The molecule has 0 amide bonds. The van der Waals surface area contributed by atoms with Crippen LogP contribution in [0, 0.1) is 6.92 Å². The van der Waals surface area contributed by atoms with Gasteiger partial charge >= 0.3 is 0 Å². The Morgan fingerprint density at radius 3 is 2.57 bits per heavy atom. The molecule has 14 heavy (non-hydrogen) atoms. The van der Waals surface area contributed by atoms with Crippen molar-refractivity contribution >= 4 is 11.6 Å². The second kappa shape index (κ2) is 4.63. The normalized spacial score (nSPS) is 12.6. The van der Waals surface area contributed by atoms with Gasteiger partial charge in [-0.3, -0.25) is 0 Å². The second-order valence-corrected chi connectivity index (χ2v) is 4.01. The number of likely N-dealkylation sites (N-methyl/N-ethyl adjacent to an activating group) is 1. The lowest BCUT2D eigenvalue weighted by Gasteiger charge is -2.19. The summed E-state index contributed by atoms with van der Waals surface area (Å²) in [7, 11) is 1.94. The van der Waals surface area contributed by atoms with Gasteiger partial charge in [0, 0.05) is 5.02 Å². The first-order valence-corrected chi connectivity index (χ1v) is 5.02. The molecule has 0 heterocycles. The Morgan fingerprint density at radius 1 is 1.50 bits per heavy atom. The maximum atomic E-state index is 5.90. The van der Waals surface area contributed by atoms with Crippen LogP contribution in [-0.4, -0.2) is 7.05 Å². The number of halogens is 1. The van der Waals surface area contributed by atoms with Crippen molar-refractivity contribution in [3.8, 4) is 0 Å². The molecule has 0 fully saturated rings. The Labute approximate surface area is 90.8 Å². The van der Waals surface area contributed by atoms with Crippen LogP contribution in [0.4, 0.5) is 0 Å². The van der Waals surface area contributed by atoms with Gasteiger partial charge in [0.1, 0.15) is 0 Å². The zero-order valence-corrected chi connectivity index (χ0v) is 9.65. The van der Waals surface area contributed by atoms with Crippen LogP contribution >= 0.6 is 11.6 Å². The molecule has 0 aliphatic heterocycles. The molecular formula is C12H16ClN. The summed E-state index contributed by atoms with van der Waals surface area (Å²) in [5.41, 5.74) is 3.54. The minimum Gasteiger partial charge on any atom is -0.310 e. The highest BCUT2D eigenvalue weighted by Crippen LogP contribution is 2.25. The smallest absolute Gasteiger partial charge is 0.0530 e. The Morgan fingerprint density at radius 2 is 2.14 bits per heavy atom. The van der Waals surface area contributed by atoms with Crippen molar-refractivity contribution in [2.75, 3.05) is 7.05 Å². The summed E-state index contributed by atoms with van der Waals surface area (Å²) in [5, 5.41) is 4.02. The molecule has 0 radical (unpaired) electrons. The molecule has 1 nitrogen and oxygen atoms in total. The van der Waals surface area contributed by atoms with E-state index < -0.39 is 0 Å². The molecule has 76 valence electrons. The van der Waals surface area contributed by atoms with Crippen LogP contribution in [-0.2, 0) is 0 Å². The predicted molar refractivity (Wildman–Crippen MR) is 62.8 cm³/mol. The fourth-order valence-electron chi connectivity index (χ4n) is 1.63. The van der Waals surface area contributed by atoms with Crippen molar-refractivity contribution in [3.63, 3.8) is 0 Å². The molecule has 2 heteroatoms. The van der Waals surface area contributed by atoms with E-state index in [-0.39, 0.29) is 6.04 Å². The molecule has 1 aromatic carbocycles. The highest BCUT2D eigenvalue weighted by Gasteiger charge is 2.11. The summed E-state index contributed by atoms with van der Waals surface area (Å²) in [6, 6.07) is 6.15. The standard InChI is InChI=1S/C12H16ClN/c1-8(2)12(14-4)11-6-5-10(13)7-9(11)3/h5-7,12,14H,1H2,2-4H3. The summed E-state index contributed by atoms with van der Waals surface area (Å²) in [6.07, 6.45) is 0. The van der Waals surface area contributed by atoms with Crippen LogP contribution in [0.3, 0.4) is 0 Å². The van der Waals surface area contributed by atoms with E-state index in [4.69, 9.17) is 11.6 Å². The van der Waals surface area contributed by atoms with Gasteiger partial charge in [-0.2, -0.15) is 0 Å². The van der Waals surface area contributed by atoms with Crippen molar-refractivity contribution in [1.29, 1.82) is 0 Å². The molecule has 1 rings (SSSR count). The summed E-state index contributed by atoms with van der Waals surface area (Å²) in [4.78, 5) is 0.